The Kier molecular flexibility index (Phi) is 7.35. The molecule has 0 amide bonds. The predicted molar refractivity (Wildman–Crippen MR) is 87.8 cm³/mol. The maximum absolute atomic E-state index is 6.40. The van der Waals surface area contributed by atoms with Crippen molar-refractivity contribution in [3.05, 3.63) is 28.8 Å². The normalized spacial score (nSPS) is 11.4. The molecule has 0 fully saturated rings. The fraction of sp³-hybridized carbons (Fsp3) is 0.625. The van der Waals surface area contributed by atoms with Gasteiger partial charge >= 0.3 is 0 Å². The molecule has 20 heavy (non-hydrogen) atoms. The largest absolute Gasteiger partial charge is 0.383 e. The zero-order valence-electron chi connectivity index (χ0n) is 13.2. The standard InChI is InChI=1S/C16H27ClN2O/c1-12(2)18-11-14-6-7-15(10-16(14)17)19(13(3)4)8-9-20-5/h6-7,10,12-13,18H,8-9,11H2,1-5H3. The molecule has 0 heterocycles. The minimum absolute atomic E-state index is 0.417. The van der Waals surface area contributed by atoms with Gasteiger partial charge in [0.1, 0.15) is 0 Å². The highest BCUT2D eigenvalue weighted by atomic mass is 35.5. The number of hydrogen-bond donors (Lipinski definition) is 1. The summed E-state index contributed by atoms with van der Waals surface area (Å²) in [4.78, 5) is 2.30. The number of benzene rings is 1. The Morgan fingerprint density at radius 3 is 2.45 bits per heavy atom. The van der Waals surface area contributed by atoms with Gasteiger partial charge in [-0.15, -0.1) is 0 Å². The van der Waals surface area contributed by atoms with Crippen LogP contribution < -0.4 is 10.2 Å². The van der Waals surface area contributed by atoms with E-state index in [2.05, 4.69) is 56.1 Å². The first-order valence-corrected chi connectivity index (χ1v) is 7.61. The smallest absolute Gasteiger partial charge is 0.0637 e. The van der Waals surface area contributed by atoms with Crippen LogP contribution in [-0.2, 0) is 11.3 Å². The van der Waals surface area contributed by atoms with Crippen LogP contribution >= 0.6 is 11.6 Å². The molecule has 0 saturated heterocycles. The maximum Gasteiger partial charge on any atom is 0.0637 e. The summed E-state index contributed by atoms with van der Waals surface area (Å²) in [6.45, 7) is 11.0. The lowest BCUT2D eigenvalue weighted by molar-refractivity contribution is 0.204. The van der Waals surface area contributed by atoms with Crippen molar-refractivity contribution in [3.8, 4) is 0 Å². The molecule has 0 bridgehead atoms. The summed E-state index contributed by atoms with van der Waals surface area (Å²) in [5.74, 6) is 0. The van der Waals surface area contributed by atoms with E-state index < -0.39 is 0 Å². The van der Waals surface area contributed by atoms with Crippen molar-refractivity contribution in [1.29, 1.82) is 0 Å². The van der Waals surface area contributed by atoms with Crippen molar-refractivity contribution in [2.24, 2.45) is 0 Å². The maximum atomic E-state index is 6.40. The van der Waals surface area contributed by atoms with Crippen LogP contribution in [-0.4, -0.2) is 32.3 Å². The van der Waals surface area contributed by atoms with Gasteiger partial charge in [0.25, 0.3) is 0 Å². The highest BCUT2D eigenvalue weighted by molar-refractivity contribution is 6.31. The third-order valence-electron chi connectivity index (χ3n) is 3.23. The van der Waals surface area contributed by atoms with Crippen molar-refractivity contribution in [2.45, 2.75) is 46.3 Å². The van der Waals surface area contributed by atoms with Crippen LogP contribution in [0.5, 0.6) is 0 Å². The monoisotopic (exact) mass is 298 g/mol. The predicted octanol–water partition coefficient (Wildman–Crippen LogP) is 3.70. The molecule has 0 radical (unpaired) electrons. The summed E-state index contributed by atoms with van der Waals surface area (Å²) in [5.41, 5.74) is 2.29. The van der Waals surface area contributed by atoms with E-state index in [4.69, 9.17) is 16.3 Å². The number of hydrogen-bond acceptors (Lipinski definition) is 3. The Labute approximate surface area is 128 Å². The number of nitrogens with zero attached hydrogens (tertiary/aromatic N) is 1. The van der Waals surface area contributed by atoms with Crippen molar-refractivity contribution < 1.29 is 4.74 Å². The van der Waals surface area contributed by atoms with Crippen LogP contribution in [0.1, 0.15) is 33.3 Å². The first-order valence-electron chi connectivity index (χ1n) is 7.23. The van der Waals surface area contributed by atoms with Gasteiger partial charge in [-0.05, 0) is 31.5 Å². The number of halogens is 1. The third kappa shape index (κ3) is 5.31. The van der Waals surface area contributed by atoms with Gasteiger partial charge < -0.3 is 15.0 Å². The van der Waals surface area contributed by atoms with Crippen LogP contribution in [0.4, 0.5) is 5.69 Å². The van der Waals surface area contributed by atoms with Gasteiger partial charge in [0, 0.05) is 43.0 Å². The first-order chi connectivity index (χ1) is 9.45. The molecule has 1 aromatic carbocycles. The topological polar surface area (TPSA) is 24.5 Å². The second kappa shape index (κ2) is 8.50. The van der Waals surface area contributed by atoms with Crippen LogP contribution in [0, 0.1) is 0 Å². The van der Waals surface area contributed by atoms with Gasteiger partial charge in [0.2, 0.25) is 0 Å². The fourth-order valence-corrected chi connectivity index (χ4v) is 2.29. The van der Waals surface area contributed by atoms with Gasteiger partial charge in [-0.25, -0.2) is 0 Å². The van der Waals surface area contributed by atoms with Crippen molar-refractivity contribution >= 4 is 17.3 Å². The molecule has 1 aromatic rings. The Hall–Kier alpha value is -0.770. The zero-order chi connectivity index (χ0) is 15.1. The van der Waals surface area contributed by atoms with E-state index in [-0.39, 0.29) is 0 Å². The highest BCUT2D eigenvalue weighted by Gasteiger charge is 2.12. The quantitative estimate of drug-likeness (QED) is 0.792. The minimum atomic E-state index is 0.417. The van der Waals surface area contributed by atoms with Crippen LogP contribution in [0.2, 0.25) is 5.02 Å². The molecule has 1 N–H and O–H groups in total. The molecule has 1 rings (SSSR count). The number of ether oxygens (including phenoxy) is 1. The molecule has 4 heteroatoms. The average Bonchev–Trinajstić information content (AvgIpc) is 2.37. The summed E-state index contributed by atoms with van der Waals surface area (Å²) in [6.07, 6.45) is 0. The SMILES string of the molecule is COCCN(c1ccc(CNC(C)C)c(Cl)c1)C(C)C. The Bertz CT molecular complexity index is 407. The van der Waals surface area contributed by atoms with Crippen molar-refractivity contribution in [3.63, 3.8) is 0 Å². The Balaban J connectivity index is 2.82. The lowest BCUT2D eigenvalue weighted by Crippen LogP contribution is -2.33. The van der Waals surface area contributed by atoms with Crippen LogP contribution in [0.25, 0.3) is 0 Å². The first kappa shape index (κ1) is 17.3. The molecule has 114 valence electrons. The van der Waals surface area contributed by atoms with Crippen molar-refractivity contribution in [1.82, 2.24) is 5.32 Å². The van der Waals surface area contributed by atoms with Gasteiger partial charge in [0.15, 0.2) is 0 Å². The lowest BCUT2D eigenvalue weighted by atomic mass is 10.1. The van der Waals surface area contributed by atoms with E-state index in [1.165, 1.54) is 0 Å². The van der Waals surface area contributed by atoms with E-state index in [1.54, 1.807) is 7.11 Å². The molecule has 0 unspecified atom stereocenters. The van der Waals surface area contributed by atoms with E-state index in [0.29, 0.717) is 18.7 Å². The number of anilines is 1. The molecule has 0 atom stereocenters. The lowest BCUT2D eigenvalue weighted by Gasteiger charge is -2.29. The summed E-state index contributed by atoms with van der Waals surface area (Å²) < 4.78 is 5.18. The van der Waals surface area contributed by atoms with Gasteiger partial charge in [0.05, 0.1) is 6.61 Å². The summed E-state index contributed by atoms with van der Waals surface area (Å²) >= 11 is 6.40. The second-order valence-electron chi connectivity index (χ2n) is 5.59. The fourth-order valence-electron chi connectivity index (χ4n) is 2.05. The highest BCUT2D eigenvalue weighted by Crippen LogP contribution is 2.25. The van der Waals surface area contributed by atoms with E-state index in [0.717, 1.165) is 29.4 Å². The Morgan fingerprint density at radius 1 is 1.25 bits per heavy atom. The number of rotatable bonds is 8. The molecule has 0 aliphatic carbocycles. The molecule has 0 saturated carbocycles. The molecule has 0 aliphatic heterocycles. The third-order valence-corrected chi connectivity index (χ3v) is 3.58. The summed E-state index contributed by atoms with van der Waals surface area (Å²) in [6, 6.07) is 7.17. The molecule has 3 nitrogen and oxygen atoms in total. The second-order valence-corrected chi connectivity index (χ2v) is 6.00. The van der Waals surface area contributed by atoms with Crippen LogP contribution in [0.3, 0.4) is 0 Å². The summed E-state index contributed by atoms with van der Waals surface area (Å²) in [7, 11) is 1.73. The zero-order valence-corrected chi connectivity index (χ0v) is 14.0. The molecule has 0 spiro atoms. The van der Waals surface area contributed by atoms with Gasteiger partial charge in [-0.2, -0.15) is 0 Å². The molecule has 0 aliphatic rings. The van der Waals surface area contributed by atoms with E-state index >= 15 is 0 Å². The minimum Gasteiger partial charge on any atom is -0.383 e. The number of methoxy groups -OCH3 is 1. The summed E-state index contributed by atoms with van der Waals surface area (Å²) in [5, 5.41) is 4.21. The average molecular weight is 299 g/mol. The van der Waals surface area contributed by atoms with E-state index in [9.17, 15) is 0 Å². The molecule has 0 aromatic heterocycles. The van der Waals surface area contributed by atoms with Gasteiger partial charge in [-0.1, -0.05) is 31.5 Å². The van der Waals surface area contributed by atoms with E-state index in [1.807, 2.05) is 0 Å². The van der Waals surface area contributed by atoms with Gasteiger partial charge in [-0.3, -0.25) is 0 Å². The molecular weight excluding hydrogens is 272 g/mol. The molecular formula is C16H27ClN2O. The number of nitrogens with one attached hydrogen (secondary N) is 1. The Morgan fingerprint density at radius 2 is 1.95 bits per heavy atom. The van der Waals surface area contributed by atoms with Crippen molar-refractivity contribution in [2.75, 3.05) is 25.2 Å². The van der Waals surface area contributed by atoms with Crippen LogP contribution in [0.15, 0.2) is 18.2 Å².